The number of phosphoric acid groups is 6. The Hall–Kier alpha value is 12.6. The van der Waals surface area contributed by atoms with Crippen molar-refractivity contribution in [2.45, 2.75) is 36.3 Å². The third-order valence-electron chi connectivity index (χ3n) is 3.49. The van der Waals surface area contributed by atoms with E-state index in [-0.39, 0.29) is 355 Å². The van der Waals surface area contributed by atoms with Gasteiger partial charge in [-0.3, -0.25) is 0 Å². The van der Waals surface area contributed by atoms with Gasteiger partial charge in [0.1, 0.15) is 30.5 Å². The van der Waals surface area contributed by atoms with Gasteiger partial charge < -0.3 is 64.9 Å². The predicted octanol–water partition coefficient (Wildman–Crippen LogP) is -11.6. The molecule has 49 heavy (non-hydrogen) atoms. The van der Waals surface area contributed by atoms with Crippen LogP contribution in [0.3, 0.4) is 0 Å². The molecule has 11 atom stereocenters. The van der Waals surface area contributed by atoms with Crippen molar-refractivity contribution in [3.05, 3.63) is 0 Å². The molecule has 0 aromatic heterocycles. The summed E-state index contributed by atoms with van der Waals surface area (Å²) >= 11 is 0. The molecule has 5 unspecified atom stereocenters. The summed E-state index contributed by atoms with van der Waals surface area (Å²) in [5.74, 6) is -3.96. The first kappa shape index (κ1) is 92.0. The Labute approximate surface area is 543 Å². The first-order valence-electron chi connectivity index (χ1n) is 8.13. The van der Waals surface area contributed by atoms with Crippen LogP contribution in [-0.4, -0.2) is 456 Å². The molecule has 0 aromatic rings. The molecule has 13 N–H and O–H groups in total. The fourth-order valence-electron chi connectivity index (χ4n) is 2.26. The van der Waals surface area contributed by atoms with E-state index in [1.54, 1.807) is 0 Å². The second kappa shape index (κ2) is 37.7. The minimum absolute atomic E-state index is 0. The molecule has 0 radical (unpaired) electrons. The zero-order valence-corrected chi connectivity index (χ0v) is 22.1. The monoisotopic (exact) mass is 964 g/mol. The maximum atomic E-state index is 12.0. The van der Waals surface area contributed by atoms with E-state index in [0.717, 1.165) is 0 Å². The first-order chi connectivity index (χ1) is 16.0. The molecule has 1 fully saturated rings. The summed E-state index contributed by atoms with van der Waals surface area (Å²) in [5.41, 5.74) is 0. The minimum atomic E-state index is -6.59. The molecule has 0 saturated heterocycles. The zero-order chi connectivity index (χ0) is 29.6. The summed E-state index contributed by atoms with van der Waals surface area (Å²) in [6.45, 7) is 0. The molecule has 1 aliphatic carbocycles. The van der Waals surface area contributed by atoms with Gasteiger partial charge in [-0.2, -0.15) is 21.6 Å². The molecule has 1 saturated carbocycles. The molecular weight excluding hydrogens is 934 g/mol. The van der Waals surface area contributed by atoms with Gasteiger partial charge in [0, 0.05) is 0 Å². The van der Waals surface area contributed by atoms with E-state index < -0.39 is 83.2 Å². The van der Waals surface area contributed by atoms with Crippen molar-refractivity contribution in [3.8, 4) is 0 Å². The van der Waals surface area contributed by atoms with E-state index in [9.17, 15) is 72.7 Å². The molecule has 0 heterocycles. The van der Waals surface area contributed by atoms with Gasteiger partial charge in [0.05, 0.1) is 0 Å². The predicted molar refractivity (Wildman–Crippen MR) is 188 cm³/mol. The molecular formula is C6H30Na12O25P6. The van der Waals surface area contributed by atoms with E-state index >= 15 is 0 Å². The number of hydrogen-bond acceptors (Lipinski definition) is 18. The molecule has 0 amide bonds. The fraction of sp³-hybridized carbons (Fsp3) is 1.00. The molecule has 0 aliphatic heterocycles. The SMILES string of the molecule is O=P(O)(O)OP(=O)(O)OP(=O)(O)OP(=O)(O)OP(=O)(O)OP(=O)(O)O[C@]1(O)[C@H](O)[C@H](O)[C@@H](O)[C@H](O)[C@H]1O.[NaH].[NaH].[NaH].[NaH].[NaH].[NaH].[NaH].[NaH].[NaH].[NaH].[NaH].[NaH]. The van der Waals surface area contributed by atoms with E-state index in [1.165, 1.54) is 0 Å². The Morgan fingerprint density at radius 3 is 0.796 bits per heavy atom. The summed E-state index contributed by atoms with van der Waals surface area (Å²) in [7, 11) is -38.3. The topological polar surface area (TPSA) is 421 Å². The molecule has 0 aromatic carbocycles. The maximum absolute atomic E-state index is 12.0. The van der Waals surface area contributed by atoms with Crippen molar-refractivity contribution in [2.24, 2.45) is 0 Å². The van der Waals surface area contributed by atoms with Crippen LogP contribution in [0.2, 0.25) is 0 Å². The molecule has 43 heteroatoms. The molecule has 1 aliphatic rings. The summed E-state index contributed by atoms with van der Waals surface area (Å²) in [5, 5.41) is 57.9. The van der Waals surface area contributed by atoms with E-state index in [1.807, 2.05) is 0 Å². The summed E-state index contributed by atoms with van der Waals surface area (Å²) in [4.78, 5) is 62.9. The van der Waals surface area contributed by atoms with E-state index in [2.05, 4.69) is 26.1 Å². The van der Waals surface area contributed by atoms with Crippen LogP contribution in [0.5, 0.6) is 0 Å². The van der Waals surface area contributed by atoms with Crippen LogP contribution in [0.1, 0.15) is 0 Å². The van der Waals surface area contributed by atoms with Crippen LogP contribution >= 0.6 is 46.9 Å². The molecule has 25 nitrogen and oxygen atoms in total. The van der Waals surface area contributed by atoms with Crippen LogP contribution in [-0.2, 0) is 53.5 Å². The van der Waals surface area contributed by atoms with Crippen LogP contribution in [0.4, 0.5) is 0 Å². The zero-order valence-electron chi connectivity index (χ0n) is 16.8. The van der Waals surface area contributed by atoms with Crippen LogP contribution in [0, 0.1) is 0 Å². The average Bonchev–Trinajstić information content (AvgIpc) is 2.56. The Morgan fingerprint density at radius 2 is 0.571 bits per heavy atom. The van der Waals surface area contributed by atoms with Crippen molar-refractivity contribution < 1.29 is 118 Å². The van der Waals surface area contributed by atoms with Gasteiger partial charge >= 0.3 is 402 Å². The summed E-state index contributed by atoms with van der Waals surface area (Å²) in [6.07, 6.45) is -13.5. The van der Waals surface area contributed by atoms with Crippen molar-refractivity contribution in [1.29, 1.82) is 0 Å². The molecule has 1 rings (SSSR count). The van der Waals surface area contributed by atoms with Crippen LogP contribution in [0.25, 0.3) is 0 Å². The second-order valence-corrected chi connectivity index (χ2v) is 15.6. The van der Waals surface area contributed by atoms with Gasteiger partial charge in [-0.25, -0.2) is 31.9 Å². The van der Waals surface area contributed by atoms with Crippen LogP contribution < -0.4 is 0 Å². The second-order valence-electron chi connectivity index (χ2n) is 6.45. The Morgan fingerprint density at radius 1 is 0.367 bits per heavy atom. The third-order valence-corrected chi connectivity index (χ3v) is 12.3. The van der Waals surface area contributed by atoms with Gasteiger partial charge in [0.25, 0.3) is 0 Å². The third kappa shape index (κ3) is 35.5. The fourth-order valence-corrected chi connectivity index (χ4v) is 9.78. The summed E-state index contributed by atoms with van der Waals surface area (Å²) in [6, 6.07) is 0. The molecule has 0 bridgehead atoms. The van der Waals surface area contributed by atoms with E-state index in [0.29, 0.717) is 0 Å². The first-order valence-corrected chi connectivity index (χ1v) is 17.1. The quantitative estimate of drug-likeness (QED) is 0.0491. The number of rotatable bonds is 12. The number of hydrogen-bond donors (Lipinski definition) is 13. The summed E-state index contributed by atoms with van der Waals surface area (Å²) < 4.78 is 88.7. The number of aliphatic hydroxyl groups is 6. The molecule has 0 spiro atoms. The standard InChI is InChI=1S/C6H18O25P6.12Na.12H/c7-1-2(8)4(10)6(12,5(11)3(1)9)26-33(16,17)28-35(20,21)30-37(24,25)31-36(22,23)29-34(18,19)27-32(13,14)15;;;;;;;;;;;;;;;;;;;;;;;;/h1-5,7-12H,(H,16,17)(H,18,19)(H,20,21)(H,22,23)(H,24,25)(H2,13,14,15);;;;;;;;;;;;;;;;;;;;;;;;/t1-,2-,3+,4-,5-,6-;;;;;;;;;;;;;;;;;;;;;;;;/m1......................../s1. The Balaban J connectivity index is -0.000000114. The normalized spacial score (nSPS) is 28.2. The van der Waals surface area contributed by atoms with Gasteiger partial charge in [0.2, 0.25) is 5.79 Å². The van der Waals surface area contributed by atoms with E-state index in [4.69, 9.17) is 19.6 Å². The van der Waals surface area contributed by atoms with Crippen molar-refractivity contribution >= 4 is 402 Å². The van der Waals surface area contributed by atoms with Crippen molar-refractivity contribution in [2.75, 3.05) is 0 Å². The Kier molecular flexibility index (Phi) is 70.7. The Bertz CT molecular complexity index is 1150. The molecule has 246 valence electrons. The van der Waals surface area contributed by atoms with Crippen molar-refractivity contribution in [3.63, 3.8) is 0 Å². The number of phosphoric ester groups is 1. The van der Waals surface area contributed by atoms with Crippen molar-refractivity contribution in [1.82, 2.24) is 0 Å². The van der Waals surface area contributed by atoms with Crippen LogP contribution in [0.15, 0.2) is 0 Å². The van der Waals surface area contributed by atoms with Gasteiger partial charge in [0.15, 0.2) is 0 Å². The van der Waals surface area contributed by atoms with Gasteiger partial charge in [-0.15, -0.1) is 0 Å². The van der Waals surface area contributed by atoms with Gasteiger partial charge in [-0.05, 0) is 0 Å². The average molecular weight is 964 g/mol. The van der Waals surface area contributed by atoms with Gasteiger partial charge in [-0.1, -0.05) is 0 Å². The number of aliphatic hydroxyl groups excluding tert-OH is 5.